The molecule has 1 aliphatic rings. The van der Waals surface area contributed by atoms with Crippen molar-refractivity contribution in [1.82, 2.24) is 15.6 Å². The van der Waals surface area contributed by atoms with E-state index in [0.29, 0.717) is 19.7 Å². The van der Waals surface area contributed by atoms with Crippen molar-refractivity contribution in [3.8, 4) is 0 Å². The van der Waals surface area contributed by atoms with E-state index < -0.39 is 0 Å². The van der Waals surface area contributed by atoms with Gasteiger partial charge in [0, 0.05) is 6.54 Å². The number of oxazole rings is 1. The Morgan fingerprint density at radius 2 is 2.53 bits per heavy atom. The third kappa shape index (κ3) is 2.83. The Kier molecular flexibility index (Phi) is 3.75. The van der Waals surface area contributed by atoms with Crippen LogP contribution < -0.4 is 10.6 Å². The molecule has 1 fully saturated rings. The highest BCUT2D eigenvalue weighted by atomic mass is 16.5. The van der Waals surface area contributed by atoms with Gasteiger partial charge in [-0.2, -0.15) is 0 Å². The van der Waals surface area contributed by atoms with E-state index in [0.717, 1.165) is 11.5 Å². The second-order valence-corrected chi connectivity index (χ2v) is 4.08. The molecule has 0 saturated carbocycles. The highest BCUT2D eigenvalue weighted by Crippen LogP contribution is 2.06. The average Bonchev–Trinajstić information content (AvgIpc) is 2.72. The first-order valence-corrected chi connectivity index (χ1v) is 5.70. The highest BCUT2D eigenvalue weighted by Gasteiger charge is 2.28. The summed E-state index contributed by atoms with van der Waals surface area (Å²) < 4.78 is 10.5. The van der Waals surface area contributed by atoms with Crippen LogP contribution in [0.3, 0.4) is 0 Å². The molecule has 0 aromatic carbocycles. The second-order valence-electron chi connectivity index (χ2n) is 4.08. The van der Waals surface area contributed by atoms with Gasteiger partial charge >= 0.3 is 0 Å². The number of hydrogen-bond acceptors (Lipinski definition) is 5. The molecule has 1 saturated heterocycles. The molecular weight excluding hydrogens is 222 g/mol. The van der Waals surface area contributed by atoms with Crippen LogP contribution in [-0.4, -0.2) is 36.2 Å². The molecular formula is C11H17N3O3. The van der Waals surface area contributed by atoms with E-state index in [1.165, 1.54) is 6.39 Å². The van der Waals surface area contributed by atoms with Gasteiger partial charge in [0.2, 0.25) is 5.91 Å². The van der Waals surface area contributed by atoms with Gasteiger partial charge in [0.25, 0.3) is 0 Å². The summed E-state index contributed by atoms with van der Waals surface area (Å²) in [6.07, 6.45) is 1.27. The van der Waals surface area contributed by atoms with Crippen LogP contribution >= 0.6 is 0 Å². The first-order valence-electron chi connectivity index (χ1n) is 5.70. The summed E-state index contributed by atoms with van der Waals surface area (Å²) in [5, 5.41) is 5.95. The van der Waals surface area contributed by atoms with E-state index in [9.17, 15) is 4.79 Å². The molecule has 0 unspecified atom stereocenters. The maximum Gasteiger partial charge on any atom is 0.240 e. The van der Waals surface area contributed by atoms with Gasteiger partial charge in [0.1, 0.15) is 17.5 Å². The van der Waals surface area contributed by atoms with E-state index in [2.05, 4.69) is 15.6 Å². The number of hydrogen-bond donors (Lipinski definition) is 2. The van der Waals surface area contributed by atoms with Crippen LogP contribution in [0.15, 0.2) is 10.8 Å². The number of aryl methyl sites for hydroxylation is 1. The third-order valence-corrected chi connectivity index (χ3v) is 2.87. The predicted molar refractivity (Wildman–Crippen MR) is 60.3 cm³/mol. The fourth-order valence-electron chi connectivity index (χ4n) is 1.81. The van der Waals surface area contributed by atoms with Gasteiger partial charge in [0.15, 0.2) is 6.39 Å². The van der Waals surface area contributed by atoms with Gasteiger partial charge in [-0.1, -0.05) is 0 Å². The standard InChI is InChI=1S/C11H17N3O3/c1-7-9(14-6-17-7)5-13-11(15)10-8(2)16-4-3-12-10/h6,8,10,12H,3-5H2,1-2H3,(H,13,15)/t8-,10+/m1/s1. The van der Waals surface area contributed by atoms with Crippen molar-refractivity contribution < 1.29 is 13.9 Å². The van der Waals surface area contributed by atoms with Crippen molar-refractivity contribution in [2.75, 3.05) is 13.2 Å². The number of nitrogens with zero attached hydrogens (tertiary/aromatic N) is 1. The Labute approximate surface area is 99.7 Å². The van der Waals surface area contributed by atoms with Gasteiger partial charge in [-0.15, -0.1) is 0 Å². The summed E-state index contributed by atoms with van der Waals surface area (Å²) in [6.45, 7) is 5.43. The van der Waals surface area contributed by atoms with E-state index in [1.54, 1.807) is 0 Å². The zero-order valence-electron chi connectivity index (χ0n) is 10.0. The summed E-state index contributed by atoms with van der Waals surface area (Å²) in [6, 6.07) is -0.295. The third-order valence-electron chi connectivity index (χ3n) is 2.87. The number of amides is 1. The summed E-state index contributed by atoms with van der Waals surface area (Å²) in [5.74, 6) is 0.658. The average molecular weight is 239 g/mol. The molecule has 1 aliphatic heterocycles. The lowest BCUT2D eigenvalue weighted by Crippen LogP contribution is -2.55. The molecule has 2 rings (SSSR count). The largest absolute Gasteiger partial charge is 0.448 e. The molecule has 1 aromatic heterocycles. The SMILES string of the molecule is Cc1ocnc1CNC(=O)[C@H]1NCCO[C@@H]1C. The molecule has 0 bridgehead atoms. The Morgan fingerprint density at radius 1 is 1.71 bits per heavy atom. The normalized spacial score (nSPS) is 24.6. The zero-order chi connectivity index (χ0) is 12.3. The number of carbonyl (C=O) groups excluding carboxylic acids is 1. The van der Waals surface area contributed by atoms with E-state index >= 15 is 0 Å². The molecule has 0 aliphatic carbocycles. The Morgan fingerprint density at radius 3 is 3.18 bits per heavy atom. The van der Waals surface area contributed by atoms with Crippen LogP contribution in [0.4, 0.5) is 0 Å². The summed E-state index contributed by atoms with van der Waals surface area (Å²) >= 11 is 0. The van der Waals surface area contributed by atoms with Crippen molar-refractivity contribution in [3.05, 3.63) is 17.8 Å². The minimum absolute atomic E-state index is 0.0698. The number of morpholine rings is 1. The molecule has 2 heterocycles. The van der Waals surface area contributed by atoms with Crippen molar-refractivity contribution in [1.29, 1.82) is 0 Å². The number of aromatic nitrogens is 1. The van der Waals surface area contributed by atoms with E-state index in [4.69, 9.17) is 9.15 Å². The molecule has 2 atom stereocenters. The van der Waals surface area contributed by atoms with E-state index in [1.807, 2.05) is 13.8 Å². The molecule has 1 amide bonds. The van der Waals surface area contributed by atoms with E-state index in [-0.39, 0.29) is 18.1 Å². The van der Waals surface area contributed by atoms with Crippen molar-refractivity contribution in [2.24, 2.45) is 0 Å². The molecule has 6 nitrogen and oxygen atoms in total. The number of carbonyl (C=O) groups is 1. The molecule has 0 spiro atoms. The maximum atomic E-state index is 11.9. The lowest BCUT2D eigenvalue weighted by molar-refractivity contribution is -0.129. The van der Waals surface area contributed by atoms with Crippen LogP contribution in [0.2, 0.25) is 0 Å². The summed E-state index contributed by atoms with van der Waals surface area (Å²) in [5.41, 5.74) is 0.753. The fraction of sp³-hybridized carbons (Fsp3) is 0.636. The minimum Gasteiger partial charge on any atom is -0.448 e. The molecule has 17 heavy (non-hydrogen) atoms. The van der Waals surface area contributed by atoms with Crippen molar-refractivity contribution >= 4 is 5.91 Å². The van der Waals surface area contributed by atoms with Crippen LogP contribution in [0, 0.1) is 6.92 Å². The topological polar surface area (TPSA) is 76.4 Å². The summed E-state index contributed by atoms with van der Waals surface area (Å²) in [4.78, 5) is 15.9. The van der Waals surface area contributed by atoms with Crippen LogP contribution in [0.5, 0.6) is 0 Å². The molecule has 1 aromatic rings. The number of ether oxygens (including phenoxy) is 1. The van der Waals surface area contributed by atoms with Gasteiger partial charge in [-0.3, -0.25) is 4.79 Å². The minimum atomic E-state index is -0.295. The van der Waals surface area contributed by atoms with Gasteiger partial charge in [-0.05, 0) is 13.8 Å². The first kappa shape index (κ1) is 12.1. The zero-order valence-corrected chi connectivity index (χ0v) is 10.0. The number of nitrogens with one attached hydrogen (secondary N) is 2. The molecule has 94 valence electrons. The highest BCUT2D eigenvalue weighted by molar-refractivity contribution is 5.82. The second kappa shape index (κ2) is 5.29. The van der Waals surface area contributed by atoms with Crippen LogP contribution in [0.25, 0.3) is 0 Å². The lowest BCUT2D eigenvalue weighted by atomic mass is 10.1. The van der Waals surface area contributed by atoms with Gasteiger partial charge in [-0.25, -0.2) is 4.98 Å². The molecule has 6 heteroatoms. The van der Waals surface area contributed by atoms with Gasteiger partial charge < -0.3 is 19.8 Å². The molecule has 0 radical (unpaired) electrons. The predicted octanol–water partition coefficient (Wildman–Crippen LogP) is -0.0239. The number of rotatable bonds is 3. The smallest absolute Gasteiger partial charge is 0.240 e. The van der Waals surface area contributed by atoms with Gasteiger partial charge in [0.05, 0.1) is 19.3 Å². The quantitative estimate of drug-likeness (QED) is 0.775. The lowest BCUT2D eigenvalue weighted by Gasteiger charge is -2.29. The Bertz CT molecular complexity index is 391. The van der Waals surface area contributed by atoms with Crippen LogP contribution in [0.1, 0.15) is 18.4 Å². The Hall–Kier alpha value is -1.40. The van der Waals surface area contributed by atoms with Crippen molar-refractivity contribution in [2.45, 2.75) is 32.5 Å². The maximum absolute atomic E-state index is 11.9. The van der Waals surface area contributed by atoms with Crippen molar-refractivity contribution in [3.63, 3.8) is 0 Å². The monoisotopic (exact) mass is 239 g/mol. The molecule has 2 N–H and O–H groups in total. The fourth-order valence-corrected chi connectivity index (χ4v) is 1.81. The first-order chi connectivity index (χ1) is 8.18. The Balaban J connectivity index is 1.86. The summed E-state index contributed by atoms with van der Waals surface area (Å²) in [7, 11) is 0. The van der Waals surface area contributed by atoms with Crippen LogP contribution in [-0.2, 0) is 16.1 Å².